The lowest BCUT2D eigenvalue weighted by Crippen LogP contribution is -2.13. The maximum absolute atomic E-state index is 11.8. The Bertz CT molecular complexity index is 743. The Hall–Kier alpha value is -3.62. The van der Waals surface area contributed by atoms with E-state index >= 15 is 0 Å². The van der Waals surface area contributed by atoms with Crippen LogP contribution in [0.15, 0.2) is 24.3 Å². The summed E-state index contributed by atoms with van der Waals surface area (Å²) in [5, 5.41) is 55.9. The number of phenols is 6. The van der Waals surface area contributed by atoms with Crippen LogP contribution in [0.25, 0.3) is 0 Å². The molecule has 23 heavy (non-hydrogen) atoms. The van der Waals surface area contributed by atoms with Crippen molar-refractivity contribution in [1.82, 2.24) is 0 Å². The summed E-state index contributed by atoms with van der Waals surface area (Å²) in [4.78, 5) is 23.6. The van der Waals surface area contributed by atoms with Crippen molar-refractivity contribution in [1.29, 1.82) is 0 Å². The van der Waals surface area contributed by atoms with E-state index in [0.29, 0.717) is 0 Å². The van der Waals surface area contributed by atoms with Gasteiger partial charge in [0.05, 0.1) is 0 Å². The number of esters is 2. The van der Waals surface area contributed by atoms with Crippen molar-refractivity contribution in [3.63, 3.8) is 0 Å². The van der Waals surface area contributed by atoms with Crippen LogP contribution < -0.4 is 0 Å². The minimum atomic E-state index is -1.38. The highest BCUT2D eigenvalue weighted by Gasteiger charge is 2.24. The van der Waals surface area contributed by atoms with Crippen LogP contribution in [0.3, 0.4) is 0 Å². The summed E-state index contributed by atoms with van der Waals surface area (Å²) in [6, 6.07) is 3.57. The van der Waals surface area contributed by atoms with Gasteiger partial charge in [0.25, 0.3) is 0 Å². The van der Waals surface area contributed by atoms with Gasteiger partial charge in [-0.2, -0.15) is 0 Å². The highest BCUT2D eigenvalue weighted by Crippen LogP contribution is 2.39. The van der Waals surface area contributed by atoms with Gasteiger partial charge in [0.1, 0.15) is 11.1 Å². The van der Waals surface area contributed by atoms with E-state index in [1.165, 1.54) is 0 Å². The van der Waals surface area contributed by atoms with Gasteiger partial charge in [-0.3, -0.25) is 0 Å². The molecule has 0 bridgehead atoms. The highest BCUT2D eigenvalue weighted by molar-refractivity contribution is 6.05. The zero-order valence-corrected chi connectivity index (χ0v) is 11.2. The lowest BCUT2D eigenvalue weighted by molar-refractivity contribution is 0.0393. The fourth-order valence-corrected chi connectivity index (χ4v) is 1.66. The van der Waals surface area contributed by atoms with E-state index in [1.807, 2.05) is 0 Å². The third-order valence-corrected chi connectivity index (χ3v) is 2.89. The summed E-state index contributed by atoms with van der Waals surface area (Å²) in [7, 11) is 0. The molecule has 0 radical (unpaired) electrons. The molecule has 120 valence electrons. The van der Waals surface area contributed by atoms with Crippen LogP contribution in [-0.2, 0) is 4.74 Å². The summed E-state index contributed by atoms with van der Waals surface area (Å²) >= 11 is 0. The first-order valence-electron chi connectivity index (χ1n) is 5.98. The quantitative estimate of drug-likeness (QED) is 0.268. The first-order chi connectivity index (χ1) is 10.7. The molecule has 0 aliphatic carbocycles. The summed E-state index contributed by atoms with van der Waals surface area (Å²) in [6.07, 6.45) is 0. The fraction of sp³-hybridized carbons (Fsp3) is 0. The second-order valence-electron chi connectivity index (χ2n) is 4.34. The first-order valence-corrected chi connectivity index (χ1v) is 5.98. The maximum atomic E-state index is 11.8. The smallest absolute Gasteiger partial charge is 0.349 e. The standard InChI is InChI=1S/C14H10O9/c15-7-3-1-5(9(17)11(7)19)13(21)23-14(22)6-2-4-8(16)12(20)10(6)18/h1-4,15-20H. The second-order valence-corrected chi connectivity index (χ2v) is 4.34. The lowest BCUT2D eigenvalue weighted by atomic mass is 10.1. The van der Waals surface area contributed by atoms with Gasteiger partial charge in [0, 0.05) is 0 Å². The summed E-state index contributed by atoms with van der Waals surface area (Å²) in [5.41, 5.74) is -1.23. The van der Waals surface area contributed by atoms with Crippen molar-refractivity contribution in [3.8, 4) is 34.5 Å². The Morgan fingerprint density at radius 3 is 1.30 bits per heavy atom. The molecule has 0 heterocycles. The Balaban J connectivity index is 2.29. The zero-order valence-electron chi connectivity index (χ0n) is 11.2. The maximum Gasteiger partial charge on any atom is 0.349 e. The van der Waals surface area contributed by atoms with Crippen molar-refractivity contribution >= 4 is 11.9 Å². The number of phenolic OH excluding ortho intramolecular Hbond substituents is 6. The number of carbonyl (C=O) groups is 2. The SMILES string of the molecule is O=C(OC(=O)c1ccc(O)c(O)c1O)c1ccc(O)c(O)c1O. The van der Waals surface area contributed by atoms with Crippen LogP contribution in [0.4, 0.5) is 0 Å². The summed E-state index contributed by atoms with van der Waals surface area (Å²) in [6.45, 7) is 0. The van der Waals surface area contributed by atoms with E-state index in [-0.39, 0.29) is 0 Å². The molecule has 0 amide bonds. The largest absolute Gasteiger partial charge is 0.504 e. The number of benzene rings is 2. The van der Waals surface area contributed by atoms with E-state index in [4.69, 9.17) is 10.2 Å². The second kappa shape index (κ2) is 5.64. The normalized spacial score (nSPS) is 10.3. The number of carbonyl (C=O) groups excluding carboxylic acids is 2. The Kier molecular flexibility index (Phi) is 3.86. The molecular formula is C14H10O9. The minimum Gasteiger partial charge on any atom is -0.504 e. The molecule has 0 fully saturated rings. The number of rotatable bonds is 2. The molecule has 2 aromatic carbocycles. The van der Waals surface area contributed by atoms with Crippen LogP contribution in [0.5, 0.6) is 34.5 Å². The molecular weight excluding hydrogens is 312 g/mol. The number of hydrogen-bond donors (Lipinski definition) is 6. The van der Waals surface area contributed by atoms with Crippen molar-refractivity contribution in [2.75, 3.05) is 0 Å². The molecule has 0 saturated carbocycles. The molecule has 0 unspecified atom stereocenters. The zero-order chi connectivity index (χ0) is 17.3. The first kappa shape index (κ1) is 15.8. The topological polar surface area (TPSA) is 165 Å². The average Bonchev–Trinajstić information content (AvgIpc) is 2.50. The monoisotopic (exact) mass is 322 g/mol. The van der Waals surface area contributed by atoms with E-state index < -0.39 is 57.6 Å². The number of hydrogen-bond acceptors (Lipinski definition) is 9. The van der Waals surface area contributed by atoms with Crippen molar-refractivity contribution < 1.29 is 45.0 Å². The molecule has 0 aliphatic heterocycles. The molecule has 0 atom stereocenters. The fourth-order valence-electron chi connectivity index (χ4n) is 1.66. The third kappa shape index (κ3) is 2.75. The van der Waals surface area contributed by atoms with Crippen LogP contribution in [0.2, 0.25) is 0 Å². The van der Waals surface area contributed by atoms with Gasteiger partial charge in [-0.25, -0.2) is 9.59 Å². The summed E-state index contributed by atoms with van der Waals surface area (Å²) in [5.74, 6) is -8.09. The molecule has 2 rings (SSSR count). The van der Waals surface area contributed by atoms with Gasteiger partial charge in [-0.1, -0.05) is 0 Å². The molecule has 0 aliphatic rings. The molecule has 9 nitrogen and oxygen atoms in total. The van der Waals surface area contributed by atoms with Crippen molar-refractivity contribution in [3.05, 3.63) is 35.4 Å². The predicted octanol–water partition coefficient (Wildman–Crippen LogP) is 0.917. The highest BCUT2D eigenvalue weighted by atomic mass is 16.6. The van der Waals surface area contributed by atoms with Crippen LogP contribution in [0, 0.1) is 0 Å². The average molecular weight is 322 g/mol. The number of ether oxygens (including phenoxy) is 1. The molecule has 0 aromatic heterocycles. The number of aromatic hydroxyl groups is 6. The van der Waals surface area contributed by atoms with E-state index in [1.54, 1.807) is 0 Å². The molecule has 9 heteroatoms. The Morgan fingerprint density at radius 1 is 0.609 bits per heavy atom. The van der Waals surface area contributed by atoms with Gasteiger partial charge in [0.15, 0.2) is 23.0 Å². The molecule has 0 saturated heterocycles. The van der Waals surface area contributed by atoms with Crippen molar-refractivity contribution in [2.24, 2.45) is 0 Å². The Morgan fingerprint density at radius 2 is 0.957 bits per heavy atom. The van der Waals surface area contributed by atoms with Gasteiger partial charge in [-0.15, -0.1) is 0 Å². The van der Waals surface area contributed by atoms with Gasteiger partial charge < -0.3 is 35.4 Å². The van der Waals surface area contributed by atoms with Crippen LogP contribution in [0.1, 0.15) is 20.7 Å². The van der Waals surface area contributed by atoms with Gasteiger partial charge in [-0.05, 0) is 24.3 Å². The van der Waals surface area contributed by atoms with Crippen LogP contribution >= 0.6 is 0 Å². The van der Waals surface area contributed by atoms with Gasteiger partial charge in [0.2, 0.25) is 11.5 Å². The molecule has 2 aromatic rings. The van der Waals surface area contributed by atoms with Gasteiger partial charge >= 0.3 is 11.9 Å². The van der Waals surface area contributed by atoms with Crippen LogP contribution in [-0.4, -0.2) is 42.6 Å². The van der Waals surface area contributed by atoms with Crippen molar-refractivity contribution in [2.45, 2.75) is 0 Å². The van der Waals surface area contributed by atoms with E-state index in [9.17, 15) is 30.0 Å². The minimum absolute atomic E-state index is 0.615. The van der Waals surface area contributed by atoms with E-state index in [2.05, 4.69) is 4.74 Å². The third-order valence-electron chi connectivity index (χ3n) is 2.89. The van der Waals surface area contributed by atoms with E-state index in [0.717, 1.165) is 24.3 Å². The summed E-state index contributed by atoms with van der Waals surface area (Å²) < 4.78 is 4.39. The predicted molar refractivity (Wildman–Crippen MR) is 72.6 cm³/mol. The molecule has 0 spiro atoms. The molecule has 6 N–H and O–H groups in total. The lowest BCUT2D eigenvalue weighted by Gasteiger charge is -2.09. The Labute approximate surface area is 127 Å².